The minimum atomic E-state index is -0.279. The highest BCUT2D eigenvalue weighted by molar-refractivity contribution is 6.00. The van der Waals surface area contributed by atoms with Crippen molar-refractivity contribution in [1.29, 1.82) is 0 Å². The predicted octanol–water partition coefficient (Wildman–Crippen LogP) is 6.07. The van der Waals surface area contributed by atoms with E-state index < -0.39 is 0 Å². The molecule has 1 aliphatic heterocycles. The fourth-order valence-corrected chi connectivity index (χ4v) is 6.57. The van der Waals surface area contributed by atoms with Gasteiger partial charge >= 0.3 is 5.97 Å². The lowest BCUT2D eigenvalue weighted by atomic mass is 9.95. The third-order valence-electron chi connectivity index (χ3n) is 9.29. The van der Waals surface area contributed by atoms with Gasteiger partial charge in [0.25, 0.3) is 0 Å². The highest BCUT2D eigenvalue weighted by atomic mass is 16.5. The third kappa shape index (κ3) is 12.4. The molecule has 1 amide bonds. The molecule has 3 aromatic rings. The number of amides is 1. The van der Waals surface area contributed by atoms with Crippen LogP contribution in [0, 0.1) is 5.92 Å². The molecule has 2 N–H and O–H groups in total. The van der Waals surface area contributed by atoms with Crippen LogP contribution in [0.15, 0.2) is 48.5 Å². The van der Waals surface area contributed by atoms with Crippen molar-refractivity contribution in [3.05, 3.63) is 54.1 Å². The van der Waals surface area contributed by atoms with E-state index in [1.54, 1.807) is 9.58 Å². The van der Waals surface area contributed by atoms with Gasteiger partial charge in [-0.2, -0.15) is 0 Å². The first-order valence-corrected chi connectivity index (χ1v) is 19.2. The maximum atomic E-state index is 13.8. The zero-order valence-electron chi connectivity index (χ0n) is 31.9. The Bertz CT molecular complexity index is 1650. The summed E-state index contributed by atoms with van der Waals surface area (Å²) in [7, 11) is 0. The van der Waals surface area contributed by atoms with Crippen molar-refractivity contribution in [1.82, 2.24) is 20.3 Å². The van der Waals surface area contributed by atoms with E-state index in [2.05, 4.69) is 15.6 Å². The van der Waals surface area contributed by atoms with Crippen LogP contribution in [-0.2, 0) is 41.7 Å². The molecule has 0 radical (unpaired) electrons. The van der Waals surface area contributed by atoms with Gasteiger partial charge in [-0.1, -0.05) is 88.2 Å². The van der Waals surface area contributed by atoms with Gasteiger partial charge in [-0.25, -0.2) is 4.68 Å². The summed E-state index contributed by atoms with van der Waals surface area (Å²) in [6.07, 6.45) is 5.16. The summed E-state index contributed by atoms with van der Waals surface area (Å²) in [5.41, 5.74) is 4.73. The standard InChI is InChI=1S/C41H57N5O7/c1-29(2)41(51)35(42-30(3)4)18-6-5-7-21-38(50)53-27-23-46-40-34-17-10-11-19-36(34)45(28-31-14-8-9-16-33(31)39(40)43-44-46)37(49)20-12-15-32(48)22-26-52-25-13-24-47/h8-11,14,16-17,19,29-30,35,42,47H,5-7,12-13,15,18,20-28H2,1-4H3. The number of nitrogens with zero attached hydrogens (tertiary/aromatic N) is 4. The maximum absolute atomic E-state index is 13.8. The number of Topliss-reactive ketones (excluding diaryl/α,β-unsaturated/α-hetero) is 2. The molecule has 1 atom stereocenters. The van der Waals surface area contributed by atoms with Gasteiger partial charge in [-0.3, -0.25) is 19.2 Å². The van der Waals surface area contributed by atoms with Crippen molar-refractivity contribution in [2.24, 2.45) is 5.92 Å². The normalized spacial score (nSPS) is 12.8. The van der Waals surface area contributed by atoms with Crippen molar-refractivity contribution < 1.29 is 33.8 Å². The first-order chi connectivity index (χ1) is 25.6. The monoisotopic (exact) mass is 731 g/mol. The molecule has 53 heavy (non-hydrogen) atoms. The molecule has 1 aliphatic rings. The summed E-state index contributed by atoms with van der Waals surface area (Å²) in [4.78, 5) is 53.3. The van der Waals surface area contributed by atoms with E-state index in [-0.39, 0.29) is 80.5 Å². The number of ketones is 2. The van der Waals surface area contributed by atoms with Crippen LogP contribution in [0.3, 0.4) is 0 Å². The van der Waals surface area contributed by atoms with Crippen LogP contribution < -0.4 is 10.2 Å². The Balaban J connectivity index is 1.38. The first kappa shape index (κ1) is 41.5. The minimum absolute atomic E-state index is 0.0240. The Kier molecular flexibility index (Phi) is 16.8. The zero-order valence-corrected chi connectivity index (χ0v) is 31.9. The van der Waals surface area contributed by atoms with E-state index in [1.165, 1.54) is 0 Å². The smallest absolute Gasteiger partial charge is 0.305 e. The Morgan fingerprint density at radius 1 is 0.830 bits per heavy atom. The topological polar surface area (TPSA) is 153 Å². The molecule has 0 bridgehead atoms. The van der Waals surface area contributed by atoms with Crippen molar-refractivity contribution in [2.75, 3.05) is 31.3 Å². The molecule has 2 aromatic carbocycles. The van der Waals surface area contributed by atoms with E-state index in [0.717, 1.165) is 47.3 Å². The molecular weight excluding hydrogens is 674 g/mol. The number of esters is 1. The van der Waals surface area contributed by atoms with Crippen molar-refractivity contribution in [3.63, 3.8) is 0 Å². The molecule has 1 aromatic heterocycles. The number of benzene rings is 2. The second kappa shape index (κ2) is 21.4. The molecule has 0 fully saturated rings. The van der Waals surface area contributed by atoms with Crippen LogP contribution in [-0.4, -0.2) is 82.1 Å². The number of para-hydroxylation sites is 1. The number of rotatable bonds is 23. The van der Waals surface area contributed by atoms with E-state index in [4.69, 9.17) is 14.6 Å². The van der Waals surface area contributed by atoms with Crippen LogP contribution in [0.4, 0.5) is 5.69 Å². The summed E-state index contributed by atoms with van der Waals surface area (Å²) in [5, 5.41) is 21.3. The highest BCUT2D eigenvalue weighted by Gasteiger charge is 2.29. The van der Waals surface area contributed by atoms with Gasteiger partial charge in [0.2, 0.25) is 5.91 Å². The van der Waals surface area contributed by atoms with Gasteiger partial charge in [0.15, 0.2) is 5.78 Å². The molecule has 2 heterocycles. The van der Waals surface area contributed by atoms with Crippen LogP contribution in [0.2, 0.25) is 0 Å². The Hall–Kier alpha value is -4.26. The average Bonchev–Trinajstić information content (AvgIpc) is 3.54. The van der Waals surface area contributed by atoms with Gasteiger partial charge in [0.1, 0.15) is 18.1 Å². The van der Waals surface area contributed by atoms with E-state index in [1.807, 2.05) is 76.2 Å². The average molecular weight is 732 g/mol. The van der Waals surface area contributed by atoms with Crippen LogP contribution in [0.1, 0.15) is 97.5 Å². The number of hydrogen-bond donors (Lipinski definition) is 2. The fraction of sp³-hybridized carbons (Fsp3) is 0.561. The molecule has 0 aliphatic carbocycles. The van der Waals surface area contributed by atoms with Gasteiger partial charge in [-0.15, -0.1) is 5.10 Å². The molecule has 4 rings (SSSR count). The second-order valence-electron chi connectivity index (χ2n) is 14.2. The molecule has 0 saturated heterocycles. The number of aliphatic hydroxyl groups excluding tert-OH is 1. The molecule has 0 spiro atoms. The lowest BCUT2D eigenvalue weighted by Crippen LogP contribution is -2.42. The molecule has 0 saturated carbocycles. The van der Waals surface area contributed by atoms with E-state index in [0.29, 0.717) is 51.1 Å². The van der Waals surface area contributed by atoms with Crippen LogP contribution >= 0.6 is 0 Å². The number of nitrogens with one attached hydrogen (secondary N) is 1. The highest BCUT2D eigenvalue weighted by Crippen LogP contribution is 2.41. The van der Waals surface area contributed by atoms with E-state index in [9.17, 15) is 19.2 Å². The molecular formula is C41H57N5O7. The predicted molar refractivity (Wildman–Crippen MR) is 204 cm³/mol. The molecule has 1 unspecified atom stereocenters. The quantitative estimate of drug-likeness (QED) is 0.0868. The van der Waals surface area contributed by atoms with Gasteiger partial charge in [0, 0.05) is 62.0 Å². The molecule has 288 valence electrons. The van der Waals surface area contributed by atoms with Crippen molar-refractivity contribution in [2.45, 2.75) is 117 Å². The molecule has 12 nitrogen and oxygen atoms in total. The van der Waals surface area contributed by atoms with Crippen LogP contribution in [0.25, 0.3) is 22.5 Å². The summed E-state index contributed by atoms with van der Waals surface area (Å²) in [5.74, 6) is -0.123. The Labute approximate surface area is 313 Å². The number of unbranched alkanes of at least 4 members (excludes halogenated alkanes) is 2. The number of hydrogen-bond acceptors (Lipinski definition) is 10. The zero-order chi connectivity index (χ0) is 38.2. The van der Waals surface area contributed by atoms with E-state index >= 15 is 0 Å². The molecule has 12 heteroatoms. The van der Waals surface area contributed by atoms with Crippen molar-refractivity contribution >= 4 is 29.1 Å². The number of aliphatic hydroxyl groups is 1. The largest absolute Gasteiger partial charge is 0.464 e. The summed E-state index contributed by atoms with van der Waals surface area (Å²) >= 11 is 0. The summed E-state index contributed by atoms with van der Waals surface area (Å²) in [6, 6.07) is 15.6. The SMILES string of the molecule is CC(C)NC(CCCCCC(=O)OCCn1nnc2c1-c1ccccc1N(C(=O)CCCC(=O)CCOCCCO)Cc1ccccc1-2)C(=O)C(C)C. The first-order valence-electron chi connectivity index (χ1n) is 19.2. The third-order valence-corrected chi connectivity index (χ3v) is 9.29. The number of aromatic nitrogens is 3. The number of fused-ring (bicyclic) bond motifs is 5. The second-order valence-corrected chi connectivity index (χ2v) is 14.2. The maximum Gasteiger partial charge on any atom is 0.305 e. The van der Waals surface area contributed by atoms with Gasteiger partial charge in [0.05, 0.1) is 37.1 Å². The van der Waals surface area contributed by atoms with Gasteiger partial charge < -0.3 is 24.8 Å². The lowest BCUT2D eigenvalue weighted by Gasteiger charge is -2.29. The lowest BCUT2D eigenvalue weighted by molar-refractivity contribution is -0.144. The number of anilines is 1. The summed E-state index contributed by atoms with van der Waals surface area (Å²) < 4.78 is 12.7. The Morgan fingerprint density at radius 3 is 2.34 bits per heavy atom. The number of carbonyl (C=O) groups excluding carboxylic acids is 4. The van der Waals surface area contributed by atoms with Crippen molar-refractivity contribution in [3.8, 4) is 22.5 Å². The summed E-state index contributed by atoms with van der Waals surface area (Å²) in [6.45, 7) is 9.46. The van der Waals surface area contributed by atoms with Gasteiger partial charge in [-0.05, 0) is 37.3 Å². The minimum Gasteiger partial charge on any atom is -0.464 e. The fourth-order valence-electron chi connectivity index (χ4n) is 6.57. The number of carbonyl (C=O) groups is 4. The van der Waals surface area contributed by atoms with Crippen LogP contribution in [0.5, 0.6) is 0 Å². The Morgan fingerprint density at radius 2 is 1.58 bits per heavy atom. The number of ether oxygens (including phenoxy) is 2.